The number of amides is 1. The van der Waals surface area contributed by atoms with Crippen LogP contribution < -0.4 is 14.8 Å². The molecule has 1 amide bonds. The number of nitrogens with one attached hydrogen (secondary N) is 2. The fraction of sp³-hybridized carbons (Fsp3) is 0.0952. The second kappa shape index (κ2) is 8.74. The lowest BCUT2D eigenvalue weighted by Gasteiger charge is -2.10. The molecule has 0 unspecified atom stereocenters. The molecular weight excluding hydrogens is 395 g/mol. The lowest BCUT2D eigenvalue weighted by molar-refractivity contribution is 0.0951. The summed E-state index contributed by atoms with van der Waals surface area (Å²) in [5, 5.41) is 2.68. The van der Waals surface area contributed by atoms with E-state index in [2.05, 4.69) is 10.0 Å². The first-order valence-corrected chi connectivity index (χ1v) is 10.2. The van der Waals surface area contributed by atoms with Gasteiger partial charge in [0.05, 0.1) is 12.0 Å². The van der Waals surface area contributed by atoms with E-state index in [0.717, 1.165) is 0 Å². The van der Waals surface area contributed by atoms with E-state index in [-0.39, 0.29) is 28.5 Å². The molecule has 6 nitrogen and oxygen atoms in total. The summed E-state index contributed by atoms with van der Waals surface area (Å²) in [5.41, 5.74) is 1.14. The minimum Gasteiger partial charge on any atom is -0.497 e. The molecule has 0 saturated heterocycles. The topological polar surface area (TPSA) is 84.5 Å². The van der Waals surface area contributed by atoms with Crippen LogP contribution >= 0.6 is 0 Å². The highest BCUT2D eigenvalue weighted by molar-refractivity contribution is 7.92. The van der Waals surface area contributed by atoms with Gasteiger partial charge in [-0.05, 0) is 60.2 Å². The lowest BCUT2D eigenvalue weighted by Crippen LogP contribution is -2.23. The number of ether oxygens (including phenoxy) is 1. The van der Waals surface area contributed by atoms with Crippen LogP contribution in [0.4, 0.5) is 10.1 Å². The fourth-order valence-corrected chi connectivity index (χ4v) is 3.67. The van der Waals surface area contributed by atoms with Crippen molar-refractivity contribution in [3.8, 4) is 5.75 Å². The third kappa shape index (κ3) is 5.32. The molecule has 150 valence electrons. The highest BCUT2D eigenvalue weighted by atomic mass is 32.2. The van der Waals surface area contributed by atoms with Crippen LogP contribution in [0.15, 0.2) is 77.7 Å². The Balaban J connectivity index is 1.70. The van der Waals surface area contributed by atoms with Gasteiger partial charge in [0.1, 0.15) is 11.6 Å². The number of sulfonamides is 1. The molecule has 0 heterocycles. The maximum Gasteiger partial charge on any atom is 0.261 e. The molecule has 0 saturated carbocycles. The summed E-state index contributed by atoms with van der Waals surface area (Å²) in [4.78, 5) is 12.4. The van der Waals surface area contributed by atoms with Gasteiger partial charge in [0, 0.05) is 17.8 Å². The van der Waals surface area contributed by atoms with E-state index in [1.165, 1.54) is 37.4 Å². The molecule has 0 aliphatic carbocycles. The van der Waals surface area contributed by atoms with Crippen LogP contribution in [0.3, 0.4) is 0 Å². The average Bonchev–Trinajstić information content (AvgIpc) is 2.72. The molecular formula is C21H19FN2O4S. The second-order valence-corrected chi connectivity index (χ2v) is 7.86. The van der Waals surface area contributed by atoms with Crippen LogP contribution in [-0.4, -0.2) is 21.4 Å². The van der Waals surface area contributed by atoms with E-state index in [1.54, 1.807) is 42.5 Å². The number of methoxy groups -OCH3 is 1. The number of rotatable bonds is 7. The van der Waals surface area contributed by atoms with Crippen LogP contribution in [0.25, 0.3) is 0 Å². The third-order valence-electron chi connectivity index (χ3n) is 4.09. The van der Waals surface area contributed by atoms with Gasteiger partial charge in [-0.2, -0.15) is 0 Å². The van der Waals surface area contributed by atoms with Gasteiger partial charge in [0.15, 0.2) is 0 Å². The number of benzene rings is 3. The largest absolute Gasteiger partial charge is 0.497 e. The van der Waals surface area contributed by atoms with Gasteiger partial charge in [-0.3, -0.25) is 9.52 Å². The lowest BCUT2D eigenvalue weighted by atomic mass is 10.1. The highest BCUT2D eigenvalue weighted by Gasteiger charge is 2.15. The fourth-order valence-electron chi connectivity index (χ4n) is 2.62. The third-order valence-corrected chi connectivity index (χ3v) is 5.49. The average molecular weight is 414 g/mol. The smallest absolute Gasteiger partial charge is 0.261 e. The predicted octanol–water partition coefficient (Wildman–Crippen LogP) is 3.57. The van der Waals surface area contributed by atoms with E-state index >= 15 is 0 Å². The molecule has 0 aliphatic heterocycles. The number of hydrogen-bond acceptors (Lipinski definition) is 4. The number of carbonyl (C=O) groups excluding carboxylic acids is 1. The van der Waals surface area contributed by atoms with Crippen LogP contribution in [-0.2, 0) is 16.6 Å². The van der Waals surface area contributed by atoms with Gasteiger partial charge in [0.25, 0.3) is 15.9 Å². The van der Waals surface area contributed by atoms with Crippen molar-refractivity contribution in [3.05, 3.63) is 89.7 Å². The summed E-state index contributed by atoms with van der Waals surface area (Å²) in [5.74, 6) is -0.243. The standard InChI is InChI=1S/C21H19FN2O4S/c1-28-19-8-10-20(11-9-19)29(26,27)24-18-7-3-5-16(13-18)21(25)23-14-15-4-2-6-17(22)12-15/h2-13,24H,14H2,1H3,(H,23,25). The first kappa shape index (κ1) is 20.3. The van der Waals surface area contributed by atoms with Gasteiger partial charge < -0.3 is 10.1 Å². The Morgan fingerprint density at radius 1 is 1.00 bits per heavy atom. The SMILES string of the molecule is COc1ccc(S(=O)(=O)Nc2cccc(C(=O)NCc3cccc(F)c3)c2)cc1. The number of anilines is 1. The Hall–Kier alpha value is -3.39. The summed E-state index contributed by atoms with van der Waals surface area (Å²) in [7, 11) is -2.33. The van der Waals surface area contributed by atoms with E-state index in [1.807, 2.05) is 0 Å². The highest BCUT2D eigenvalue weighted by Crippen LogP contribution is 2.20. The Morgan fingerprint density at radius 2 is 1.72 bits per heavy atom. The van der Waals surface area contributed by atoms with Crippen molar-refractivity contribution in [2.24, 2.45) is 0 Å². The Kier molecular flexibility index (Phi) is 6.13. The van der Waals surface area contributed by atoms with Crippen molar-refractivity contribution < 1.29 is 22.3 Å². The molecule has 8 heteroatoms. The van der Waals surface area contributed by atoms with E-state index in [0.29, 0.717) is 11.3 Å². The van der Waals surface area contributed by atoms with Crippen LogP contribution in [0.1, 0.15) is 15.9 Å². The van der Waals surface area contributed by atoms with Crippen molar-refractivity contribution in [2.45, 2.75) is 11.4 Å². The first-order chi connectivity index (χ1) is 13.9. The molecule has 0 spiro atoms. The van der Waals surface area contributed by atoms with E-state index in [9.17, 15) is 17.6 Å². The number of hydrogen-bond donors (Lipinski definition) is 2. The number of halogens is 1. The summed E-state index contributed by atoms with van der Waals surface area (Å²) in [6.45, 7) is 0.151. The van der Waals surface area contributed by atoms with Crippen molar-refractivity contribution in [1.82, 2.24) is 5.32 Å². The van der Waals surface area contributed by atoms with Gasteiger partial charge in [0.2, 0.25) is 0 Å². The zero-order chi connectivity index (χ0) is 20.9. The Morgan fingerprint density at radius 3 is 2.41 bits per heavy atom. The Bertz CT molecular complexity index is 1120. The molecule has 0 aliphatic rings. The maximum absolute atomic E-state index is 13.2. The summed E-state index contributed by atoms with van der Waals surface area (Å²) in [6, 6.07) is 18.0. The van der Waals surface area contributed by atoms with Crippen LogP contribution in [0.2, 0.25) is 0 Å². The van der Waals surface area contributed by atoms with Crippen molar-refractivity contribution in [2.75, 3.05) is 11.8 Å². The quantitative estimate of drug-likeness (QED) is 0.619. The number of carbonyl (C=O) groups is 1. The predicted molar refractivity (Wildman–Crippen MR) is 108 cm³/mol. The summed E-state index contributed by atoms with van der Waals surface area (Å²) >= 11 is 0. The molecule has 0 fully saturated rings. The van der Waals surface area contributed by atoms with Crippen molar-refractivity contribution in [1.29, 1.82) is 0 Å². The van der Waals surface area contributed by atoms with Gasteiger partial charge in [-0.15, -0.1) is 0 Å². The minimum atomic E-state index is -3.82. The molecule has 29 heavy (non-hydrogen) atoms. The molecule has 0 aromatic heterocycles. The molecule has 2 N–H and O–H groups in total. The van der Waals surface area contributed by atoms with Crippen LogP contribution in [0, 0.1) is 5.82 Å². The molecule has 0 atom stereocenters. The zero-order valence-electron chi connectivity index (χ0n) is 15.6. The normalized spacial score (nSPS) is 11.0. The Labute approximate surface area is 168 Å². The van der Waals surface area contributed by atoms with Gasteiger partial charge >= 0.3 is 0 Å². The van der Waals surface area contributed by atoms with Crippen LogP contribution in [0.5, 0.6) is 5.75 Å². The molecule has 0 bridgehead atoms. The van der Waals surface area contributed by atoms with E-state index in [4.69, 9.17) is 4.74 Å². The van der Waals surface area contributed by atoms with Gasteiger partial charge in [-0.25, -0.2) is 12.8 Å². The monoisotopic (exact) mass is 414 g/mol. The summed E-state index contributed by atoms with van der Waals surface area (Å²) in [6.07, 6.45) is 0. The van der Waals surface area contributed by atoms with Crippen molar-refractivity contribution in [3.63, 3.8) is 0 Å². The first-order valence-electron chi connectivity index (χ1n) is 8.67. The summed E-state index contributed by atoms with van der Waals surface area (Å²) < 4.78 is 45.8. The molecule has 3 aromatic carbocycles. The zero-order valence-corrected chi connectivity index (χ0v) is 16.4. The second-order valence-electron chi connectivity index (χ2n) is 6.17. The van der Waals surface area contributed by atoms with Crippen molar-refractivity contribution >= 4 is 21.6 Å². The molecule has 0 radical (unpaired) electrons. The molecule has 3 rings (SSSR count). The molecule has 3 aromatic rings. The minimum absolute atomic E-state index is 0.0688. The van der Waals surface area contributed by atoms with Gasteiger partial charge in [-0.1, -0.05) is 18.2 Å². The maximum atomic E-state index is 13.2. The van der Waals surface area contributed by atoms with E-state index < -0.39 is 15.9 Å².